The second-order valence-electron chi connectivity index (χ2n) is 4.08. The largest absolute Gasteiger partial charge is 0.479 e. The number of aliphatic carboxylic acids is 2. The van der Waals surface area contributed by atoms with Gasteiger partial charge in [-0.25, -0.2) is 19.2 Å². The summed E-state index contributed by atoms with van der Waals surface area (Å²) in [7, 11) is 0. The number of rotatable bonds is 6. The number of hydrogen-bond donors (Lipinski definition) is 6. The van der Waals surface area contributed by atoms with Crippen molar-refractivity contribution in [2.24, 2.45) is 0 Å². The van der Waals surface area contributed by atoms with Gasteiger partial charge in [-0.15, -0.1) is 0 Å². The SMILES string of the molecule is O=C(O)c1ccc(C(O)C(=O)O)c(C(O)C(=O)O)c1C(=O)O. The Bertz CT molecular complexity index is 662. The van der Waals surface area contributed by atoms with Gasteiger partial charge in [0.15, 0.2) is 12.2 Å². The Morgan fingerprint density at radius 1 is 0.773 bits per heavy atom. The van der Waals surface area contributed by atoms with Crippen molar-refractivity contribution in [1.82, 2.24) is 0 Å². The van der Waals surface area contributed by atoms with Gasteiger partial charge in [0.1, 0.15) is 0 Å². The molecule has 10 nitrogen and oxygen atoms in total. The van der Waals surface area contributed by atoms with E-state index in [2.05, 4.69) is 0 Å². The molecule has 1 aromatic rings. The highest BCUT2D eigenvalue weighted by atomic mass is 16.4. The summed E-state index contributed by atoms with van der Waals surface area (Å²) in [5.41, 5.74) is -3.70. The molecule has 0 aromatic heterocycles. The molecule has 0 amide bonds. The molecule has 0 aliphatic carbocycles. The van der Waals surface area contributed by atoms with E-state index in [1.165, 1.54) is 0 Å². The summed E-state index contributed by atoms with van der Waals surface area (Å²) in [4.78, 5) is 43.9. The molecule has 1 aromatic carbocycles. The summed E-state index contributed by atoms with van der Waals surface area (Å²) in [6, 6.07) is 1.43. The number of carbonyl (C=O) groups is 4. The predicted molar refractivity (Wildman–Crippen MR) is 65.6 cm³/mol. The van der Waals surface area contributed by atoms with Gasteiger partial charge in [-0.1, -0.05) is 6.07 Å². The van der Waals surface area contributed by atoms with E-state index in [1.54, 1.807) is 0 Å². The normalized spacial score (nSPS) is 13.2. The van der Waals surface area contributed by atoms with Crippen LogP contribution in [0.5, 0.6) is 0 Å². The molecule has 0 spiro atoms. The van der Waals surface area contributed by atoms with E-state index in [0.717, 1.165) is 6.07 Å². The molecule has 0 bridgehead atoms. The standard InChI is InChI=1S/C12H10O10/c13-7(11(19)20)3-1-2-4(9(15)16)6(10(17)18)5(3)8(14)12(21)22/h1-2,7-8,13-14H,(H,15,16)(H,17,18)(H,19,20)(H,21,22). The second-order valence-corrected chi connectivity index (χ2v) is 4.08. The Labute approximate surface area is 121 Å². The van der Waals surface area contributed by atoms with Crippen LogP contribution >= 0.6 is 0 Å². The number of carboxylic acids is 4. The van der Waals surface area contributed by atoms with Gasteiger partial charge in [0.25, 0.3) is 0 Å². The first kappa shape index (κ1) is 17.1. The van der Waals surface area contributed by atoms with Gasteiger partial charge in [0.2, 0.25) is 0 Å². The molecule has 118 valence electrons. The Morgan fingerprint density at radius 2 is 1.27 bits per heavy atom. The third-order valence-electron chi connectivity index (χ3n) is 2.76. The van der Waals surface area contributed by atoms with E-state index in [-0.39, 0.29) is 0 Å². The van der Waals surface area contributed by atoms with Crippen LogP contribution in [0.3, 0.4) is 0 Å². The number of carboxylic acid groups (broad SMARTS) is 4. The average Bonchev–Trinajstić information content (AvgIpc) is 2.43. The lowest BCUT2D eigenvalue weighted by Gasteiger charge is -2.18. The zero-order valence-corrected chi connectivity index (χ0v) is 10.6. The van der Waals surface area contributed by atoms with Gasteiger partial charge in [-0.05, 0) is 11.6 Å². The molecule has 0 aliphatic heterocycles. The molecular weight excluding hydrogens is 304 g/mol. The Morgan fingerprint density at radius 3 is 1.64 bits per heavy atom. The van der Waals surface area contributed by atoms with Crippen LogP contribution in [0.2, 0.25) is 0 Å². The Kier molecular flexibility index (Phi) is 4.81. The third-order valence-corrected chi connectivity index (χ3v) is 2.76. The smallest absolute Gasteiger partial charge is 0.337 e. The summed E-state index contributed by atoms with van der Waals surface area (Å²) >= 11 is 0. The minimum Gasteiger partial charge on any atom is -0.479 e. The molecule has 0 aliphatic rings. The van der Waals surface area contributed by atoms with E-state index < -0.39 is 58.3 Å². The van der Waals surface area contributed by atoms with Crippen LogP contribution in [0.4, 0.5) is 0 Å². The van der Waals surface area contributed by atoms with Crippen molar-refractivity contribution in [1.29, 1.82) is 0 Å². The predicted octanol–water partition coefficient (Wildman–Crippen LogP) is -0.681. The molecule has 2 atom stereocenters. The maximum atomic E-state index is 11.2. The van der Waals surface area contributed by atoms with Crippen LogP contribution in [-0.2, 0) is 9.59 Å². The van der Waals surface area contributed by atoms with Crippen LogP contribution in [0.25, 0.3) is 0 Å². The van der Waals surface area contributed by atoms with Gasteiger partial charge in [0, 0.05) is 5.56 Å². The number of aliphatic hydroxyl groups excluding tert-OH is 2. The van der Waals surface area contributed by atoms with Crippen molar-refractivity contribution in [3.05, 3.63) is 34.4 Å². The highest BCUT2D eigenvalue weighted by molar-refractivity contribution is 6.04. The fourth-order valence-corrected chi connectivity index (χ4v) is 1.83. The zero-order chi connectivity index (χ0) is 17.2. The fraction of sp³-hybridized carbons (Fsp3) is 0.167. The van der Waals surface area contributed by atoms with Crippen molar-refractivity contribution >= 4 is 23.9 Å². The monoisotopic (exact) mass is 314 g/mol. The van der Waals surface area contributed by atoms with Gasteiger partial charge >= 0.3 is 23.9 Å². The zero-order valence-electron chi connectivity index (χ0n) is 10.6. The van der Waals surface area contributed by atoms with Crippen molar-refractivity contribution in [2.45, 2.75) is 12.2 Å². The van der Waals surface area contributed by atoms with Gasteiger partial charge in [0.05, 0.1) is 11.1 Å². The molecule has 2 unspecified atom stereocenters. The lowest BCUT2D eigenvalue weighted by molar-refractivity contribution is -0.149. The van der Waals surface area contributed by atoms with Crippen LogP contribution in [-0.4, -0.2) is 54.5 Å². The lowest BCUT2D eigenvalue weighted by atomic mass is 9.89. The van der Waals surface area contributed by atoms with Crippen molar-refractivity contribution in [2.75, 3.05) is 0 Å². The molecule has 22 heavy (non-hydrogen) atoms. The van der Waals surface area contributed by atoms with E-state index in [9.17, 15) is 29.4 Å². The lowest BCUT2D eigenvalue weighted by Crippen LogP contribution is -2.23. The summed E-state index contributed by atoms with van der Waals surface area (Å²) < 4.78 is 0. The Hall–Kier alpha value is -2.98. The minimum absolute atomic E-state index is 0.700. The average molecular weight is 314 g/mol. The van der Waals surface area contributed by atoms with Gasteiger partial charge in [-0.2, -0.15) is 0 Å². The quantitative estimate of drug-likeness (QED) is 0.392. The molecule has 6 N–H and O–H groups in total. The highest BCUT2D eigenvalue weighted by Gasteiger charge is 2.34. The minimum atomic E-state index is -2.53. The number of benzene rings is 1. The number of aromatic carboxylic acids is 2. The van der Waals surface area contributed by atoms with E-state index in [4.69, 9.17) is 20.4 Å². The van der Waals surface area contributed by atoms with Crippen molar-refractivity contribution in [3.63, 3.8) is 0 Å². The highest BCUT2D eigenvalue weighted by Crippen LogP contribution is 2.30. The molecule has 0 radical (unpaired) electrons. The molecule has 0 heterocycles. The first-order valence-corrected chi connectivity index (χ1v) is 5.54. The van der Waals surface area contributed by atoms with Crippen LogP contribution in [0.15, 0.2) is 12.1 Å². The topological polar surface area (TPSA) is 190 Å². The first-order chi connectivity index (χ1) is 10.1. The first-order valence-electron chi connectivity index (χ1n) is 5.54. The molecule has 0 saturated carbocycles. The summed E-state index contributed by atoms with van der Waals surface area (Å²) in [6.45, 7) is 0. The fourth-order valence-electron chi connectivity index (χ4n) is 1.83. The summed E-state index contributed by atoms with van der Waals surface area (Å²) in [6.07, 6.45) is -4.88. The third kappa shape index (κ3) is 3.02. The molecule has 10 heteroatoms. The molecule has 0 saturated heterocycles. The summed E-state index contributed by atoms with van der Waals surface area (Å²) in [5, 5.41) is 54.6. The van der Waals surface area contributed by atoms with Gasteiger partial charge in [-0.3, -0.25) is 0 Å². The Balaban J connectivity index is 3.85. The molecule has 0 fully saturated rings. The van der Waals surface area contributed by atoms with E-state index >= 15 is 0 Å². The van der Waals surface area contributed by atoms with Crippen molar-refractivity contribution < 1.29 is 49.8 Å². The van der Waals surface area contributed by atoms with Crippen molar-refractivity contribution in [3.8, 4) is 0 Å². The van der Waals surface area contributed by atoms with Crippen LogP contribution in [0.1, 0.15) is 44.1 Å². The number of hydrogen-bond acceptors (Lipinski definition) is 6. The van der Waals surface area contributed by atoms with Crippen LogP contribution in [0, 0.1) is 0 Å². The second kappa shape index (κ2) is 6.20. The maximum Gasteiger partial charge on any atom is 0.337 e. The maximum absolute atomic E-state index is 11.2. The summed E-state index contributed by atoms with van der Waals surface area (Å²) in [5.74, 6) is -7.40. The van der Waals surface area contributed by atoms with E-state index in [0.29, 0.717) is 6.07 Å². The van der Waals surface area contributed by atoms with Crippen LogP contribution < -0.4 is 0 Å². The van der Waals surface area contributed by atoms with E-state index in [1.807, 2.05) is 0 Å². The molecular formula is C12H10O10. The van der Waals surface area contributed by atoms with Gasteiger partial charge < -0.3 is 30.6 Å². The number of aliphatic hydroxyl groups is 2. The molecule has 1 rings (SSSR count).